The molecule has 1 aromatic rings. The first-order chi connectivity index (χ1) is 6.49. The van der Waals surface area contributed by atoms with Crippen molar-refractivity contribution in [3.63, 3.8) is 0 Å². The number of methoxy groups -OCH3 is 1. The molecule has 7 heteroatoms. The van der Waals surface area contributed by atoms with Gasteiger partial charge in [-0.05, 0) is 6.07 Å². The molecule has 0 aliphatic heterocycles. The second-order valence-corrected chi connectivity index (χ2v) is 2.80. The monoisotopic (exact) mass is 244 g/mol. The first-order valence-corrected chi connectivity index (χ1v) is 3.96. The summed E-state index contributed by atoms with van der Waals surface area (Å²) < 4.78 is 41.6. The van der Waals surface area contributed by atoms with Gasteiger partial charge in [-0.15, -0.1) is 5.46 Å². The zero-order valence-electron chi connectivity index (χ0n) is 8.51. The fourth-order valence-electron chi connectivity index (χ4n) is 1.13. The fraction of sp³-hybridized carbons (Fsp3) is 0.250. The van der Waals surface area contributed by atoms with Crippen LogP contribution in [0.3, 0.4) is 0 Å². The molecule has 0 bridgehead atoms. The quantitative estimate of drug-likeness (QED) is 0.639. The summed E-state index contributed by atoms with van der Waals surface area (Å²) in [6.07, 6.45) is 0. The summed E-state index contributed by atoms with van der Waals surface area (Å²) in [5.74, 6) is 0.260. The Balaban J connectivity index is 0.00000196. The molecule has 78 valence electrons. The topological polar surface area (TPSA) is 29.5 Å². The maximum absolute atomic E-state index is 12.3. The molecule has 0 saturated heterocycles. The first kappa shape index (κ1) is 15.5. The Hall–Kier alpha value is 0.471. The molecule has 1 aromatic carbocycles. The van der Waals surface area contributed by atoms with Crippen LogP contribution in [0.4, 0.5) is 12.9 Å². The van der Waals surface area contributed by atoms with E-state index in [0.717, 1.165) is 12.1 Å². The number of hydrogen-bond acceptors (Lipinski definition) is 2. The zero-order valence-corrected chi connectivity index (χ0v) is 11.6. The molecule has 0 radical (unpaired) electrons. The number of ether oxygens (including phenoxy) is 1. The van der Waals surface area contributed by atoms with E-state index in [4.69, 9.17) is 9.84 Å². The van der Waals surface area contributed by atoms with Gasteiger partial charge in [0.1, 0.15) is 5.75 Å². The molecule has 1 N–H and O–H groups in total. The van der Waals surface area contributed by atoms with Crippen molar-refractivity contribution in [2.45, 2.75) is 6.61 Å². The van der Waals surface area contributed by atoms with Gasteiger partial charge < -0.3 is 22.8 Å². The van der Waals surface area contributed by atoms with Gasteiger partial charge in [-0.25, -0.2) is 0 Å². The second kappa shape index (κ2) is 6.27. The SMILES string of the molecule is COc1ccc([B-](F)(F)F)cc1CO.[K+]. The minimum Gasteiger partial charge on any atom is -0.496 e. The predicted molar refractivity (Wildman–Crippen MR) is 47.6 cm³/mol. The number of aliphatic hydroxyl groups excluding tert-OH is 1. The Morgan fingerprint density at radius 1 is 1.33 bits per heavy atom. The van der Waals surface area contributed by atoms with E-state index in [2.05, 4.69) is 0 Å². The molecule has 0 fully saturated rings. The third kappa shape index (κ3) is 4.09. The molecule has 1 rings (SSSR count). The van der Waals surface area contributed by atoms with Crippen LogP contribution >= 0.6 is 0 Å². The molecule has 0 atom stereocenters. The van der Waals surface area contributed by atoms with Crippen molar-refractivity contribution < 1.29 is 74.2 Å². The Bertz CT molecular complexity index is 330. The molecule has 15 heavy (non-hydrogen) atoms. The zero-order chi connectivity index (χ0) is 10.8. The third-order valence-electron chi connectivity index (χ3n) is 1.85. The fourth-order valence-corrected chi connectivity index (χ4v) is 1.13. The van der Waals surface area contributed by atoms with Crippen LogP contribution in [0.25, 0.3) is 0 Å². The summed E-state index contributed by atoms with van der Waals surface area (Å²) in [6, 6.07) is 3.05. The van der Waals surface area contributed by atoms with Gasteiger partial charge in [0, 0.05) is 5.56 Å². The van der Waals surface area contributed by atoms with Crippen molar-refractivity contribution in [2.75, 3.05) is 7.11 Å². The van der Waals surface area contributed by atoms with Crippen LogP contribution in [0, 0.1) is 0 Å². The van der Waals surface area contributed by atoms with E-state index in [0.29, 0.717) is 0 Å². The summed E-state index contributed by atoms with van der Waals surface area (Å²) in [6.45, 7) is -5.49. The smallest absolute Gasteiger partial charge is 0.496 e. The molecular formula is C8H9BF3KO2. The minimum atomic E-state index is -5.02. The number of benzene rings is 1. The van der Waals surface area contributed by atoms with Crippen molar-refractivity contribution in [1.82, 2.24) is 0 Å². The van der Waals surface area contributed by atoms with Gasteiger partial charge in [-0.3, -0.25) is 0 Å². The van der Waals surface area contributed by atoms with E-state index in [1.165, 1.54) is 13.2 Å². The van der Waals surface area contributed by atoms with Gasteiger partial charge in [0.05, 0.1) is 13.7 Å². The van der Waals surface area contributed by atoms with E-state index in [1.54, 1.807) is 0 Å². The summed E-state index contributed by atoms with van der Waals surface area (Å²) in [5, 5.41) is 8.80. The van der Waals surface area contributed by atoms with Crippen molar-refractivity contribution in [3.05, 3.63) is 23.8 Å². The Labute approximate surface area is 128 Å². The van der Waals surface area contributed by atoms with E-state index < -0.39 is 19.0 Å². The molecule has 0 saturated carbocycles. The largest absolute Gasteiger partial charge is 1.00 e. The van der Waals surface area contributed by atoms with Crippen LogP contribution in [0.2, 0.25) is 0 Å². The summed E-state index contributed by atoms with van der Waals surface area (Å²) in [5.41, 5.74) is -0.584. The molecule has 0 heterocycles. The van der Waals surface area contributed by atoms with Gasteiger partial charge >= 0.3 is 58.4 Å². The second-order valence-electron chi connectivity index (χ2n) is 2.80. The molecule has 0 aromatic heterocycles. The maximum Gasteiger partial charge on any atom is 1.00 e. The predicted octanol–water partition coefficient (Wildman–Crippen LogP) is -1.75. The van der Waals surface area contributed by atoms with Crippen LogP contribution in [-0.2, 0) is 6.61 Å². The average Bonchev–Trinajstić information content (AvgIpc) is 2.15. The van der Waals surface area contributed by atoms with E-state index in [-0.39, 0.29) is 62.7 Å². The van der Waals surface area contributed by atoms with Crippen LogP contribution in [0.1, 0.15) is 5.56 Å². The van der Waals surface area contributed by atoms with E-state index >= 15 is 0 Å². The van der Waals surface area contributed by atoms with Crippen molar-refractivity contribution >= 4 is 12.4 Å². The van der Waals surface area contributed by atoms with Crippen LogP contribution in [0.15, 0.2) is 18.2 Å². The van der Waals surface area contributed by atoms with Crippen molar-refractivity contribution in [3.8, 4) is 5.75 Å². The van der Waals surface area contributed by atoms with Gasteiger partial charge in [-0.1, -0.05) is 12.1 Å². The molecule has 0 aliphatic rings. The van der Waals surface area contributed by atoms with Crippen LogP contribution in [0.5, 0.6) is 5.75 Å². The number of aliphatic hydroxyl groups is 1. The minimum absolute atomic E-state index is 0. The van der Waals surface area contributed by atoms with Crippen molar-refractivity contribution in [1.29, 1.82) is 0 Å². The van der Waals surface area contributed by atoms with E-state index in [1.807, 2.05) is 0 Å². The van der Waals surface area contributed by atoms with Gasteiger partial charge in [-0.2, -0.15) is 0 Å². The molecule has 0 amide bonds. The van der Waals surface area contributed by atoms with Crippen LogP contribution < -0.4 is 61.6 Å². The third-order valence-corrected chi connectivity index (χ3v) is 1.85. The Morgan fingerprint density at radius 2 is 1.93 bits per heavy atom. The number of hydrogen-bond donors (Lipinski definition) is 1. The summed E-state index contributed by atoms with van der Waals surface area (Å²) in [4.78, 5) is 0. The molecule has 0 spiro atoms. The van der Waals surface area contributed by atoms with Crippen molar-refractivity contribution in [2.24, 2.45) is 0 Å². The van der Waals surface area contributed by atoms with E-state index in [9.17, 15) is 12.9 Å². The molecular weight excluding hydrogens is 235 g/mol. The summed E-state index contributed by atoms with van der Waals surface area (Å²) in [7, 11) is 1.34. The first-order valence-electron chi connectivity index (χ1n) is 3.96. The molecule has 0 aliphatic carbocycles. The maximum atomic E-state index is 12.3. The molecule has 0 unspecified atom stereocenters. The van der Waals surface area contributed by atoms with Gasteiger partial charge in [0.25, 0.3) is 0 Å². The normalized spacial score (nSPS) is 10.7. The van der Waals surface area contributed by atoms with Gasteiger partial charge in [0.15, 0.2) is 0 Å². The Kier molecular flexibility index (Phi) is 6.46. The molecule has 2 nitrogen and oxygen atoms in total. The van der Waals surface area contributed by atoms with Crippen LogP contribution in [-0.4, -0.2) is 19.2 Å². The van der Waals surface area contributed by atoms with Gasteiger partial charge in [0.2, 0.25) is 0 Å². The standard InChI is InChI=1S/C8H9BF3O2.K/c1-14-8-3-2-7(9(10,11)12)4-6(8)5-13;/h2-4,13H,5H2,1H3;/q-1;+1. The Morgan fingerprint density at radius 3 is 2.33 bits per heavy atom. The average molecular weight is 244 g/mol. The number of halogens is 3. The number of rotatable bonds is 3. The summed E-state index contributed by atoms with van der Waals surface area (Å²) >= 11 is 0.